The van der Waals surface area contributed by atoms with Crippen LogP contribution in [0.4, 0.5) is 0 Å². The highest BCUT2D eigenvalue weighted by atomic mass is 16.5. The van der Waals surface area contributed by atoms with Crippen LogP contribution in [0.3, 0.4) is 0 Å². The molecular formula is C16H24O3. The third-order valence-corrected chi connectivity index (χ3v) is 2.33. The summed E-state index contributed by atoms with van der Waals surface area (Å²) in [6.07, 6.45) is 2.41. The lowest BCUT2D eigenvalue weighted by atomic mass is 10.1. The number of ether oxygens (including phenoxy) is 2. The van der Waals surface area contributed by atoms with Crippen LogP contribution in [-0.2, 0) is 9.53 Å². The van der Waals surface area contributed by atoms with Crippen LogP contribution in [0.2, 0.25) is 0 Å². The molecule has 106 valence electrons. The van der Waals surface area contributed by atoms with E-state index in [1.54, 1.807) is 0 Å². The zero-order valence-electron chi connectivity index (χ0n) is 12.5. The lowest BCUT2D eigenvalue weighted by Crippen LogP contribution is -2.06. The second-order valence-electron chi connectivity index (χ2n) is 3.30. The number of rotatable bonds is 1. The normalized spacial score (nSPS) is 11.9. The van der Waals surface area contributed by atoms with Gasteiger partial charge in [0, 0.05) is 17.6 Å². The minimum Gasteiger partial charge on any atom is -0.493 e. The zero-order chi connectivity index (χ0) is 14.7. The Hall–Kier alpha value is -1.77. The van der Waals surface area contributed by atoms with Crippen LogP contribution in [0.15, 0.2) is 29.8 Å². The van der Waals surface area contributed by atoms with Crippen molar-refractivity contribution in [1.82, 2.24) is 0 Å². The summed E-state index contributed by atoms with van der Waals surface area (Å²) in [5.74, 6) is 0.534. The number of para-hydroxylation sites is 1. The van der Waals surface area contributed by atoms with Crippen molar-refractivity contribution in [3.05, 3.63) is 35.4 Å². The van der Waals surface area contributed by atoms with Crippen LogP contribution in [0.5, 0.6) is 5.75 Å². The van der Waals surface area contributed by atoms with E-state index in [1.807, 2.05) is 58.0 Å². The molecule has 0 spiro atoms. The molecule has 0 saturated carbocycles. The molecule has 0 radical (unpaired) electrons. The smallest absolute Gasteiger partial charge is 0.333 e. The molecule has 1 aromatic rings. The van der Waals surface area contributed by atoms with Gasteiger partial charge >= 0.3 is 5.97 Å². The number of methoxy groups -OCH3 is 1. The Kier molecular flexibility index (Phi) is 9.23. The predicted molar refractivity (Wildman–Crippen MR) is 79.2 cm³/mol. The molecule has 0 fully saturated rings. The molecular weight excluding hydrogens is 240 g/mol. The van der Waals surface area contributed by atoms with Gasteiger partial charge in [-0.15, -0.1) is 0 Å². The molecule has 2 rings (SSSR count). The SMILES string of the molecule is CC.CC.COC(=O)C1=Cc2ccccc2OCC1. The number of fused-ring (bicyclic) bond motifs is 1. The first-order chi connectivity index (χ1) is 9.31. The van der Waals surface area contributed by atoms with Crippen LogP contribution in [0.25, 0.3) is 6.08 Å². The lowest BCUT2D eigenvalue weighted by Gasteiger charge is -2.04. The Labute approximate surface area is 116 Å². The fourth-order valence-corrected chi connectivity index (χ4v) is 1.55. The molecule has 3 heteroatoms. The monoisotopic (exact) mass is 264 g/mol. The van der Waals surface area contributed by atoms with Crippen molar-refractivity contribution >= 4 is 12.0 Å². The summed E-state index contributed by atoms with van der Waals surface area (Å²) >= 11 is 0. The van der Waals surface area contributed by atoms with Gasteiger partial charge in [0.2, 0.25) is 0 Å². The van der Waals surface area contributed by atoms with Crippen molar-refractivity contribution in [2.75, 3.05) is 13.7 Å². The summed E-state index contributed by atoms with van der Waals surface area (Å²) in [4.78, 5) is 11.4. The molecule has 0 atom stereocenters. The lowest BCUT2D eigenvalue weighted by molar-refractivity contribution is -0.136. The van der Waals surface area contributed by atoms with Crippen molar-refractivity contribution in [2.24, 2.45) is 0 Å². The van der Waals surface area contributed by atoms with Gasteiger partial charge in [-0.3, -0.25) is 0 Å². The Morgan fingerprint density at radius 2 is 1.79 bits per heavy atom. The Morgan fingerprint density at radius 1 is 1.16 bits per heavy atom. The van der Waals surface area contributed by atoms with E-state index >= 15 is 0 Å². The van der Waals surface area contributed by atoms with E-state index < -0.39 is 0 Å². The van der Waals surface area contributed by atoms with Crippen LogP contribution < -0.4 is 4.74 Å². The number of carbonyl (C=O) groups excluding carboxylic acids is 1. The number of benzene rings is 1. The van der Waals surface area contributed by atoms with E-state index in [4.69, 9.17) is 9.47 Å². The Balaban J connectivity index is 0.000000741. The third-order valence-electron chi connectivity index (χ3n) is 2.33. The maximum atomic E-state index is 11.4. The number of carbonyl (C=O) groups is 1. The maximum Gasteiger partial charge on any atom is 0.333 e. The average Bonchev–Trinajstić information content (AvgIpc) is 2.72. The van der Waals surface area contributed by atoms with Gasteiger partial charge in [0.15, 0.2) is 0 Å². The van der Waals surface area contributed by atoms with Crippen molar-refractivity contribution in [3.63, 3.8) is 0 Å². The molecule has 3 nitrogen and oxygen atoms in total. The van der Waals surface area contributed by atoms with Crippen LogP contribution in [-0.4, -0.2) is 19.7 Å². The van der Waals surface area contributed by atoms with E-state index in [-0.39, 0.29) is 5.97 Å². The van der Waals surface area contributed by atoms with E-state index in [0.29, 0.717) is 18.6 Å². The molecule has 0 aliphatic carbocycles. The molecule has 0 saturated heterocycles. The minimum atomic E-state index is -0.282. The molecule has 0 N–H and O–H groups in total. The summed E-state index contributed by atoms with van der Waals surface area (Å²) in [6, 6.07) is 7.64. The first kappa shape index (κ1) is 17.2. The van der Waals surface area contributed by atoms with Gasteiger partial charge in [0.25, 0.3) is 0 Å². The summed E-state index contributed by atoms with van der Waals surface area (Å²) in [5.41, 5.74) is 1.58. The highest BCUT2D eigenvalue weighted by molar-refractivity contribution is 5.94. The van der Waals surface area contributed by atoms with Crippen molar-refractivity contribution < 1.29 is 14.3 Å². The van der Waals surface area contributed by atoms with E-state index in [0.717, 1.165) is 11.3 Å². The molecule has 1 heterocycles. The summed E-state index contributed by atoms with van der Waals surface area (Å²) in [6.45, 7) is 8.51. The maximum absolute atomic E-state index is 11.4. The quantitative estimate of drug-likeness (QED) is 0.717. The second kappa shape index (κ2) is 10.2. The predicted octanol–water partition coefficient (Wildman–Crippen LogP) is 4.08. The van der Waals surface area contributed by atoms with Gasteiger partial charge in [0.1, 0.15) is 5.75 Å². The van der Waals surface area contributed by atoms with Gasteiger partial charge < -0.3 is 9.47 Å². The Bertz CT molecular complexity index is 408. The first-order valence-corrected chi connectivity index (χ1v) is 6.82. The van der Waals surface area contributed by atoms with Crippen LogP contribution in [0.1, 0.15) is 39.7 Å². The molecule has 0 amide bonds. The van der Waals surface area contributed by atoms with Gasteiger partial charge in [-0.1, -0.05) is 45.9 Å². The summed E-state index contributed by atoms with van der Waals surface area (Å²) < 4.78 is 10.2. The van der Waals surface area contributed by atoms with E-state index in [2.05, 4.69) is 0 Å². The second-order valence-corrected chi connectivity index (χ2v) is 3.30. The molecule has 1 aliphatic rings. The average molecular weight is 264 g/mol. The third kappa shape index (κ3) is 5.16. The van der Waals surface area contributed by atoms with Gasteiger partial charge in [-0.2, -0.15) is 0 Å². The molecule has 1 aliphatic heterocycles. The molecule has 19 heavy (non-hydrogen) atoms. The molecule has 0 aromatic heterocycles. The van der Waals surface area contributed by atoms with Gasteiger partial charge in [-0.25, -0.2) is 4.79 Å². The molecule has 0 bridgehead atoms. The van der Waals surface area contributed by atoms with Crippen molar-refractivity contribution in [1.29, 1.82) is 0 Å². The fourth-order valence-electron chi connectivity index (χ4n) is 1.55. The standard InChI is InChI=1S/C12H12O3.2C2H6/c1-14-12(13)10-6-7-15-11-5-3-2-4-9(11)8-10;2*1-2/h2-5,8H,6-7H2,1H3;2*1-2H3. The number of hydrogen-bond donors (Lipinski definition) is 0. The van der Waals surface area contributed by atoms with Gasteiger partial charge in [0.05, 0.1) is 13.7 Å². The van der Waals surface area contributed by atoms with E-state index in [1.165, 1.54) is 7.11 Å². The van der Waals surface area contributed by atoms with Crippen LogP contribution in [0, 0.1) is 0 Å². The minimum absolute atomic E-state index is 0.282. The summed E-state index contributed by atoms with van der Waals surface area (Å²) in [7, 11) is 1.39. The van der Waals surface area contributed by atoms with Crippen molar-refractivity contribution in [3.8, 4) is 5.75 Å². The van der Waals surface area contributed by atoms with Gasteiger partial charge in [-0.05, 0) is 12.1 Å². The largest absolute Gasteiger partial charge is 0.493 e. The zero-order valence-corrected chi connectivity index (χ0v) is 12.5. The number of esters is 1. The highest BCUT2D eigenvalue weighted by Crippen LogP contribution is 2.25. The topological polar surface area (TPSA) is 35.5 Å². The fraction of sp³-hybridized carbons (Fsp3) is 0.438. The molecule has 0 unspecified atom stereocenters. The van der Waals surface area contributed by atoms with E-state index in [9.17, 15) is 4.79 Å². The number of hydrogen-bond acceptors (Lipinski definition) is 3. The van der Waals surface area contributed by atoms with Crippen LogP contribution >= 0.6 is 0 Å². The Morgan fingerprint density at radius 3 is 2.42 bits per heavy atom. The summed E-state index contributed by atoms with van der Waals surface area (Å²) in [5, 5.41) is 0. The molecule has 1 aromatic carbocycles. The van der Waals surface area contributed by atoms with Crippen molar-refractivity contribution in [2.45, 2.75) is 34.1 Å². The highest BCUT2D eigenvalue weighted by Gasteiger charge is 2.14. The first-order valence-electron chi connectivity index (χ1n) is 6.82.